The third-order valence-electron chi connectivity index (χ3n) is 2.39. The molecular formula is C15H17NO4. The lowest BCUT2D eigenvalue weighted by Crippen LogP contribution is -2.06. The minimum atomic E-state index is -0.672. The molecule has 1 aromatic carbocycles. The quantitative estimate of drug-likeness (QED) is 0.469. The van der Waals surface area contributed by atoms with Gasteiger partial charge in [-0.25, -0.2) is 4.79 Å². The number of ether oxygens (including phenoxy) is 3. The van der Waals surface area contributed by atoms with Gasteiger partial charge < -0.3 is 14.2 Å². The van der Waals surface area contributed by atoms with Crippen LogP contribution in [0.2, 0.25) is 0 Å². The molecular weight excluding hydrogens is 258 g/mol. The van der Waals surface area contributed by atoms with Crippen LogP contribution in [0.25, 0.3) is 6.08 Å². The van der Waals surface area contributed by atoms with Crippen molar-refractivity contribution in [1.82, 2.24) is 0 Å². The predicted molar refractivity (Wildman–Crippen MR) is 74.4 cm³/mol. The molecule has 0 aliphatic heterocycles. The van der Waals surface area contributed by atoms with Crippen molar-refractivity contribution in [2.75, 3.05) is 14.2 Å². The van der Waals surface area contributed by atoms with E-state index in [0.29, 0.717) is 17.1 Å². The molecule has 0 N–H and O–H groups in total. The Balaban J connectivity index is 3.13. The molecule has 0 atom stereocenters. The number of carbonyl (C=O) groups excluding carboxylic acids is 1. The minimum absolute atomic E-state index is 0.0232. The number of benzene rings is 1. The minimum Gasteiger partial charge on any atom is -0.493 e. The number of nitriles is 1. The predicted octanol–water partition coefficient (Wildman–Crippen LogP) is 2.56. The lowest BCUT2D eigenvalue weighted by atomic mass is 10.1. The molecule has 5 nitrogen and oxygen atoms in total. The fourth-order valence-corrected chi connectivity index (χ4v) is 1.54. The number of carbonyl (C=O) groups is 1. The topological polar surface area (TPSA) is 68.6 Å². The van der Waals surface area contributed by atoms with E-state index in [-0.39, 0.29) is 11.7 Å². The van der Waals surface area contributed by atoms with E-state index in [1.165, 1.54) is 20.3 Å². The number of nitrogens with zero attached hydrogens (tertiary/aromatic N) is 1. The molecule has 1 aromatic rings. The van der Waals surface area contributed by atoms with Gasteiger partial charge in [0, 0.05) is 0 Å². The van der Waals surface area contributed by atoms with Crippen LogP contribution in [0.5, 0.6) is 11.5 Å². The van der Waals surface area contributed by atoms with Crippen molar-refractivity contribution in [3.05, 3.63) is 29.3 Å². The van der Waals surface area contributed by atoms with Crippen LogP contribution in [0, 0.1) is 11.3 Å². The van der Waals surface area contributed by atoms with Crippen LogP contribution in [0.1, 0.15) is 19.4 Å². The highest BCUT2D eigenvalue weighted by atomic mass is 16.5. The first-order valence-corrected chi connectivity index (χ1v) is 6.06. The Morgan fingerprint density at radius 2 is 2.00 bits per heavy atom. The van der Waals surface area contributed by atoms with Gasteiger partial charge in [-0.1, -0.05) is 6.07 Å². The maximum atomic E-state index is 11.3. The summed E-state index contributed by atoms with van der Waals surface area (Å²) in [7, 11) is 2.76. The van der Waals surface area contributed by atoms with Gasteiger partial charge in [0.05, 0.1) is 20.3 Å². The van der Waals surface area contributed by atoms with Gasteiger partial charge in [-0.3, -0.25) is 0 Å². The molecule has 0 heterocycles. The molecule has 0 aliphatic rings. The van der Waals surface area contributed by atoms with E-state index in [9.17, 15) is 4.79 Å². The second-order valence-electron chi connectivity index (χ2n) is 4.24. The normalized spacial score (nSPS) is 10.9. The van der Waals surface area contributed by atoms with Crippen molar-refractivity contribution in [2.24, 2.45) is 0 Å². The van der Waals surface area contributed by atoms with E-state index < -0.39 is 5.97 Å². The fourth-order valence-electron chi connectivity index (χ4n) is 1.54. The molecule has 20 heavy (non-hydrogen) atoms. The molecule has 0 unspecified atom stereocenters. The largest absolute Gasteiger partial charge is 0.493 e. The van der Waals surface area contributed by atoms with E-state index in [1.54, 1.807) is 24.3 Å². The molecule has 0 radical (unpaired) electrons. The highest BCUT2D eigenvalue weighted by molar-refractivity contribution is 5.97. The summed E-state index contributed by atoms with van der Waals surface area (Å²) in [5.41, 5.74) is 0.576. The van der Waals surface area contributed by atoms with Gasteiger partial charge in [0.25, 0.3) is 0 Å². The molecule has 0 spiro atoms. The molecule has 5 heteroatoms. The van der Waals surface area contributed by atoms with Crippen LogP contribution in [0.4, 0.5) is 0 Å². The van der Waals surface area contributed by atoms with E-state index >= 15 is 0 Å². The summed E-state index contributed by atoms with van der Waals surface area (Å²) in [4.78, 5) is 11.3. The highest BCUT2D eigenvalue weighted by Gasteiger charge is 2.11. The molecule has 0 saturated carbocycles. The first-order chi connectivity index (χ1) is 9.51. The molecule has 1 rings (SSSR count). The zero-order valence-corrected chi connectivity index (χ0v) is 12.0. The number of hydrogen-bond donors (Lipinski definition) is 0. The lowest BCUT2D eigenvalue weighted by molar-refractivity contribution is -0.135. The summed E-state index contributed by atoms with van der Waals surface area (Å²) >= 11 is 0. The molecule has 0 aromatic heterocycles. The molecule has 0 aliphatic carbocycles. The Kier molecular flexibility index (Phi) is 5.60. The molecule has 0 saturated heterocycles. The Bertz CT molecular complexity index is 555. The Hall–Kier alpha value is -2.48. The zero-order valence-electron chi connectivity index (χ0n) is 12.0. The Labute approximate surface area is 118 Å². The van der Waals surface area contributed by atoms with Gasteiger partial charge in [-0.15, -0.1) is 0 Å². The number of rotatable bonds is 5. The third kappa shape index (κ3) is 4.02. The molecule has 0 fully saturated rings. The standard InChI is InChI=1S/C15H17NO4/c1-10(2)20-13-6-5-11(8-14(13)18-3)7-12(9-16)15(17)19-4/h5-8,10H,1-4H3/b12-7-. The van der Waals surface area contributed by atoms with Crippen LogP contribution >= 0.6 is 0 Å². The summed E-state index contributed by atoms with van der Waals surface area (Å²) in [5, 5.41) is 8.91. The van der Waals surface area contributed by atoms with Gasteiger partial charge in [0.15, 0.2) is 11.5 Å². The van der Waals surface area contributed by atoms with Crippen LogP contribution in [0.3, 0.4) is 0 Å². The summed E-state index contributed by atoms with van der Waals surface area (Å²) in [6, 6.07) is 6.96. The van der Waals surface area contributed by atoms with Crippen molar-refractivity contribution in [3.63, 3.8) is 0 Å². The average Bonchev–Trinajstić information content (AvgIpc) is 2.44. The summed E-state index contributed by atoms with van der Waals surface area (Å²) in [6.07, 6.45) is 1.46. The smallest absolute Gasteiger partial charge is 0.348 e. The second kappa shape index (κ2) is 7.19. The summed E-state index contributed by atoms with van der Waals surface area (Å²) < 4.78 is 15.3. The Morgan fingerprint density at radius 1 is 1.30 bits per heavy atom. The van der Waals surface area contributed by atoms with Crippen molar-refractivity contribution >= 4 is 12.0 Å². The van der Waals surface area contributed by atoms with E-state index in [1.807, 2.05) is 13.8 Å². The van der Waals surface area contributed by atoms with Gasteiger partial charge in [0.2, 0.25) is 0 Å². The number of methoxy groups -OCH3 is 2. The van der Waals surface area contributed by atoms with Crippen LogP contribution in [-0.2, 0) is 9.53 Å². The van der Waals surface area contributed by atoms with Gasteiger partial charge in [0.1, 0.15) is 11.6 Å². The maximum Gasteiger partial charge on any atom is 0.348 e. The molecule has 0 amide bonds. The SMILES string of the molecule is COC(=O)/C(C#N)=C\c1ccc(OC(C)C)c(OC)c1. The van der Waals surface area contributed by atoms with Crippen molar-refractivity contribution in [1.29, 1.82) is 5.26 Å². The van der Waals surface area contributed by atoms with Crippen molar-refractivity contribution in [3.8, 4) is 17.6 Å². The highest BCUT2D eigenvalue weighted by Crippen LogP contribution is 2.29. The van der Waals surface area contributed by atoms with Crippen molar-refractivity contribution in [2.45, 2.75) is 20.0 Å². The number of hydrogen-bond acceptors (Lipinski definition) is 5. The van der Waals surface area contributed by atoms with E-state index in [0.717, 1.165) is 0 Å². The van der Waals surface area contributed by atoms with Crippen LogP contribution < -0.4 is 9.47 Å². The zero-order chi connectivity index (χ0) is 15.1. The van der Waals surface area contributed by atoms with Crippen molar-refractivity contribution < 1.29 is 19.0 Å². The van der Waals surface area contributed by atoms with E-state index in [4.69, 9.17) is 14.7 Å². The first-order valence-electron chi connectivity index (χ1n) is 6.06. The summed E-state index contributed by atoms with van der Waals surface area (Å²) in [5.74, 6) is 0.472. The fraction of sp³-hybridized carbons (Fsp3) is 0.333. The van der Waals surface area contributed by atoms with Gasteiger partial charge in [-0.05, 0) is 37.6 Å². The lowest BCUT2D eigenvalue weighted by Gasteiger charge is -2.13. The van der Waals surface area contributed by atoms with Crippen LogP contribution in [0.15, 0.2) is 23.8 Å². The first kappa shape index (κ1) is 15.6. The maximum absolute atomic E-state index is 11.3. The third-order valence-corrected chi connectivity index (χ3v) is 2.39. The van der Waals surface area contributed by atoms with Gasteiger partial charge >= 0.3 is 5.97 Å². The molecule has 106 valence electrons. The second-order valence-corrected chi connectivity index (χ2v) is 4.24. The van der Waals surface area contributed by atoms with Crippen LogP contribution in [-0.4, -0.2) is 26.3 Å². The monoisotopic (exact) mass is 275 g/mol. The number of esters is 1. The average molecular weight is 275 g/mol. The van der Waals surface area contributed by atoms with E-state index in [2.05, 4.69) is 4.74 Å². The molecule has 0 bridgehead atoms. The summed E-state index contributed by atoms with van der Waals surface area (Å²) in [6.45, 7) is 3.83. The Morgan fingerprint density at radius 3 is 2.50 bits per heavy atom. The van der Waals surface area contributed by atoms with Gasteiger partial charge in [-0.2, -0.15) is 5.26 Å².